The first-order chi connectivity index (χ1) is 16.9. The van der Waals surface area contributed by atoms with Crippen LogP contribution in [0.3, 0.4) is 0 Å². The summed E-state index contributed by atoms with van der Waals surface area (Å²) in [6, 6.07) is 18.8. The number of rotatable bonds is 7. The lowest BCUT2D eigenvalue weighted by Crippen LogP contribution is -2.04. The molecule has 0 aromatic heterocycles. The maximum absolute atomic E-state index is 11.9. The Bertz CT molecular complexity index is 1720. The third-order valence-corrected chi connectivity index (χ3v) is 7.30. The molecule has 0 saturated carbocycles. The fraction of sp³-hybridized carbons (Fsp3) is 0.0833. The number of nitrogens with two attached hydrogens (primary N) is 2. The third kappa shape index (κ3) is 5.69. The zero-order valence-corrected chi connectivity index (χ0v) is 20.4. The van der Waals surface area contributed by atoms with Crippen LogP contribution in [0.4, 0.5) is 22.7 Å². The fourth-order valence-electron chi connectivity index (χ4n) is 3.73. The van der Waals surface area contributed by atoms with Crippen molar-refractivity contribution in [2.45, 2.75) is 22.6 Å². The van der Waals surface area contributed by atoms with Gasteiger partial charge in [0.1, 0.15) is 4.90 Å². The summed E-state index contributed by atoms with van der Waals surface area (Å²) in [5, 5.41) is 8.52. The van der Waals surface area contributed by atoms with Crippen LogP contribution in [0, 0.1) is 0 Å². The van der Waals surface area contributed by atoms with Crippen molar-refractivity contribution in [1.29, 1.82) is 0 Å². The van der Waals surface area contributed by atoms with Crippen molar-refractivity contribution < 1.29 is 25.9 Å². The van der Waals surface area contributed by atoms with E-state index in [1.807, 2.05) is 24.3 Å². The van der Waals surface area contributed by atoms with E-state index in [1.54, 1.807) is 18.2 Å². The Morgan fingerprint density at radius 1 is 0.667 bits per heavy atom. The van der Waals surface area contributed by atoms with Crippen LogP contribution in [0.25, 0.3) is 10.8 Å². The quantitative estimate of drug-likeness (QED) is 0.152. The summed E-state index contributed by atoms with van der Waals surface area (Å²) in [6.07, 6.45) is 1.32. The van der Waals surface area contributed by atoms with Gasteiger partial charge in [0.2, 0.25) is 0 Å². The molecule has 0 bridgehead atoms. The van der Waals surface area contributed by atoms with Gasteiger partial charge >= 0.3 is 0 Å². The summed E-state index contributed by atoms with van der Waals surface area (Å²) in [6.45, 7) is 0. The largest absolute Gasteiger partial charge is 0.399 e. The van der Waals surface area contributed by atoms with Crippen molar-refractivity contribution in [3.63, 3.8) is 0 Å². The second kappa shape index (κ2) is 9.66. The molecule has 12 heteroatoms. The molecule has 4 aromatic carbocycles. The molecule has 0 aliphatic carbocycles. The highest BCUT2D eigenvalue weighted by atomic mass is 32.2. The maximum atomic E-state index is 11.9. The Morgan fingerprint density at radius 3 is 1.94 bits per heavy atom. The van der Waals surface area contributed by atoms with Crippen molar-refractivity contribution in [1.82, 2.24) is 0 Å². The Kier molecular flexibility index (Phi) is 6.78. The smallest absolute Gasteiger partial charge is 0.295 e. The van der Waals surface area contributed by atoms with E-state index in [0.29, 0.717) is 36.0 Å². The molecule has 0 spiro atoms. The van der Waals surface area contributed by atoms with E-state index in [2.05, 4.69) is 10.2 Å². The summed E-state index contributed by atoms with van der Waals surface area (Å²) >= 11 is 0. The molecule has 186 valence electrons. The molecule has 0 saturated heterocycles. The van der Waals surface area contributed by atoms with E-state index >= 15 is 0 Å². The molecule has 0 heterocycles. The number of aryl methyl sites for hydroxylation is 2. The minimum atomic E-state index is -4.81. The minimum absolute atomic E-state index is 0.0137. The zero-order valence-electron chi connectivity index (χ0n) is 18.7. The monoisotopic (exact) mass is 526 g/mol. The van der Waals surface area contributed by atoms with Gasteiger partial charge in [-0.05, 0) is 77.9 Å². The Morgan fingerprint density at radius 2 is 1.28 bits per heavy atom. The molecule has 0 unspecified atom stereocenters. The molecule has 0 fully saturated rings. The van der Waals surface area contributed by atoms with Crippen molar-refractivity contribution in [3.05, 3.63) is 83.9 Å². The molecule has 0 atom stereocenters. The average molecular weight is 527 g/mol. The van der Waals surface area contributed by atoms with E-state index < -0.39 is 30.0 Å². The standard InChI is InChI=1S/C24H22N4O6S2/c25-22-4-2-1-3-15(22)5-6-17-11-18(9-10-23(17)26)27-28-19-8-7-16-12-20(35(29,30)31)14-24(21(16)13-19)36(32,33)34/h1-4,7-14H,5-6,25-26H2,(H,29,30,31)(H,32,33,34). The van der Waals surface area contributed by atoms with Gasteiger partial charge in [-0.25, -0.2) is 0 Å². The number of fused-ring (bicyclic) bond motifs is 1. The van der Waals surface area contributed by atoms with Gasteiger partial charge in [0.15, 0.2) is 0 Å². The normalized spacial score (nSPS) is 12.4. The van der Waals surface area contributed by atoms with Crippen LogP contribution in [0.15, 0.2) is 92.8 Å². The van der Waals surface area contributed by atoms with Crippen LogP contribution in [0.2, 0.25) is 0 Å². The lowest BCUT2D eigenvalue weighted by Gasteiger charge is -2.09. The Labute approximate surface area is 207 Å². The second-order valence-electron chi connectivity index (χ2n) is 8.06. The molecule has 4 aromatic rings. The summed E-state index contributed by atoms with van der Waals surface area (Å²) in [5.74, 6) is 0. The number of nitrogen functional groups attached to an aromatic ring is 2. The van der Waals surface area contributed by atoms with Crippen molar-refractivity contribution in [2.75, 3.05) is 11.5 Å². The lowest BCUT2D eigenvalue weighted by molar-refractivity contribution is 0.482. The minimum Gasteiger partial charge on any atom is -0.399 e. The van der Waals surface area contributed by atoms with Crippen LogP contribution >= 0.6 is 0 Å². The molecular formula is C24H22N4O6S2. The third-order valence-electron chi connectivity index (χ3n) is 5.58. The van der Waals surface area contributed by atoms with Crippen LogP contribution < -0.4 is 11.5 Å². The van der Waals surface area contributed by atoms with Gasteiger partial charge in [-0.1, -0.05) is 24.3 Å². The topological polar surface area (TPSA) is 186 Å². The number of nitrogens with zero attached hydrogens (tertiary/aromatic N) is 2. The van der Waals surface area contributed by atoms with E-state index in [1.165, 1.54) is 18.2 Å². The molecule has 0 aliphatic heterocycles. The molecule has 0 amide bonds. The summed E-state index contributed by atoms with van der Waals surface area (Å²) < 4.78 is 65.7. The highest BCUT2D eigenvalue weighted by Gasteiger charge is 2.20. The summed E-state index contributed by atoms with van der Waals surface area (Å²) in [7, 11) is -9.51. The number of hydrogen-bond donors (Lipinski definition) is 4. The van der Waals surface area contributed by atoms with E-state index in [-0.39, 0.29) is 16.5 Å². The molecule has 0 aliphatic rings. The van der Waals surface area contributed by atoms with Crippen LogP contribution in [-0.2, 0) is 33.1 Å². The first-order valence-electron chi connectivity index (χ1n) is 10.6. The number of anilines is 2. The Balaban J connectivity index is 1.65. The number of hydrogen-bond acceptors (Lipinski definition) is 8. The van der Waals surface area contributed by atoms with Gasteiger partial charge in [-0.15, -0.1) is 0 Å². The van der Waals surface area contributed by atoms with Gasteiger partial charge in [0.25, 0.3) is 20.2 Å². The molecule has 36 heavy (non-hydrogen) atoms. The van der Waals surface area contributed by atoms with E-state index in [0.717, 1.165) is 17.2 Å². The number of benzene rings is 4. The van der Waals surface area contributed by atoms with Crippen LogP contribution in [-0.4, -0.2) is 25.9 Å². The van der Waals surface area contributed by atoms with Gasteiger partial charge in [0, 0.05) is 16.8 Å². The average Bonchev–Trinajstić information content (AvgIpc) is 2.81. The number of azo groups is 1. The van der Waals surface area contributed by atoms with Crippen molar-refractivity contribution in [3.8, 4) is 0 Å². The predicted octanol–water partition coefficient (Wildman–Crippen LogP) is 4.70. The van der Waals surface area contributed by atoms with Crippen molar-refractivity contribution in [2.24, 2.45) is 10.2 Å². The summed E-state index contributed by atoms with van der Waals surface area (Å²) in [4.78, 5) is -1.34. The predicted molar refractivity (Wildman–Crippen MR) is 137 cm³/mol. The first kappa shape index (κ1) is 25.3. The molecule has 6 N–H and O–H groups in total. The van der Waals surface area contributed by atoms with Crippen LogP contribution in [0.5, 0.6) is 0 Å². The molecule has 0 radical (unpaired) electrons. The van der Waals surface area contributed by atoms with Crippen LogP contribution in [0.1, 0.15) is 11.1 Å². The highest BCUT2D eigenvalue weighted by molar-refractivity contribution is 7.86. The Hall–Kier alpha value is -3.84. The molecular weight excluding hydrogens is 504 g/mol. The second-order valence-corrected chi connectivity index (χ2v) is 10.9. The SMILES string of the molecule is Nc1ccccc1CCc1cc(N=Nc2ccc3cc(S(=O)(=O)O)cc(S(=O)(=O)O)c3c2)ccc1N. The van der Waals surface area contributed by atoms with Gasteiger partial charge in [-0.2, -0.15) is 27.1 Å². The maximum Gasteiger partial charge on any atom is 0.295 e. The van der Waals surface area contributed by atoms with Crippen molar-refractivity contribution >= 4 is 53.8 Å². The van der Waals surface area contributed by atoms with Gasteiger partial charge in [0.05, 0.1) is 16.3 Å². The zero-order chi connectivity index (χ0) is 26.1. The summed E-state index contributed by atoms with van der Waals surface area (Å²) in [5.41, 5.74) is 16.1. The highest BCUT2D eigenvalue weighted by Crippen LogP contribution is 2.31. The van der Waals surface area contributed by atoms with Gasteiger partial charge < -0.3 is 11.5 Å². The first-order valence-corrected chi connectivity index (χ1v) is 13.5. The number of para-hydroxylation sites is 1. The lowest BCUT2D eigenvalue weighted by atomic mass is 10.0. The van der Waals surface area contributed by atoms with E-state index in [9.17, 15) is 25.9 Å². The molecule has 10 nitrogen and oxygen atoms in total. The van der Waals surface area contributed by atoms with Gasteiger partial charge in [-0.3, -0.25) is 9.11 Å². The van der Waals surface area contributed by atoms with E-state index in [4.69, 9.17) is 11.5 Å². The fourth-order valence-corrected chi connectivity index (χ4v) is 5.08. The molecule has 4 rings (SSSR count).